The maximum absolute atomic E-state index is 12.9. The molecular weight excluding hydrogens is 338 g/mol. The van der Waals surface area contributed by atoms with Crippen LogP contribution in [0.1, 0.15) is 37.7 Å². The number of nitrogens with zero attached hydrogens (tertiary/aromatic N) is 2. The Labute approximate surface area is 159 Å². The zero-order valence-corrected chi connectivity index (χ0v) is 15.7. The summed E-state index contributed by atoms with van der Waals surface area (Å²) >= 11 is 0. The predicted molar refractivity (Wildman–Crippen MR) is 104 cm³/mol. The van der Waals surface area contributed by atoms with Gasteiger partial charge in [0.25, 0.3) is 0 Å². The fourth-order valence-electron chi connectivity index (χ4n) is 5.55. The van der Waals surface area contributed by atoms with Gasteiger partial charge in [0.15, 0.2) is 0 Å². The quantitative estimate of drug-likeness (QED) is 0.909. The zero-order valence-electron chi connectivity index (χ0n) is 15.7. The van der Waals surface area contributed by atoms with Gasteiger partial charge in [0.1, 0.15) is 0 Å². The van der Waals surface area contributed by atoms with Gasteiger partial charge in [-0.1, -0.05) is 18.2 Å². The molecule has 2 bridgehead atoms. The number of amides is 2. The van der Waals surface area contributed by atoms with E-state index in [2.05, 4.69) is 26.9 Å². The van der Waals surface area contributed by atoms with Crippen LogP contribution in [0.15, 0.2) is 30.5 Å². The molecule has 1 unspecified atom stereocenters. The molecular formula is C22H27N3O2. The number of aromatic nitrogens is 1. The molecule has 5 heteroatoms. The van der Waals surface area contributed by atoms with Crippen molar-refractivity contribution >= 4 is 22.7 Å². The number of hydrogen-bond donors (Lipinski definition) is 1. The molecule has 0 aliphatic carbocycles. The van der Waals surface area contributed by atoms with Crippen LogP contribution in [0.3, 0.4) is 0 Å². The number of hydrogen-bond acceptors (Lipinski definition) is 2. The van der Waals surface area contributed by atoms with Gasteiger partial charge in [-0.2, -0.15) is 0 Å². The molecule has 142 valence electrons. The van der Waals surface area contributed by atoms with Crippen molar-refractivity contribution < 1.29 is 9.59 Å². The van der Waals surface area contributed by atoms with Gasteiger partial charge in [-0.25, -0.2) is 0 Å². The highest BCUT2D eigenvalue weighted by Crippen LogP contribution is 2.38. The molecule has 3 fully saturated rings. The highest BCUT2D eigenvalue weighted by molar-refractivity contribution is 5.84. The summed E-state index contributed by atoms with van der Waals surface area (Å²) in [6, 6.07) is 8.63. The van der Waals surface area contributed by atoms with Crippen LogP contribution in [0.4, 0.5) is 0 Å². The normalized spacial score (nSPS) is 27.7. The first-order chi connectivity index (χ1) is 13.2. The lowest BCUT2D eigenvalue weighted by atomic mass is 9.76. The summed E-state index contributed by atoms with van der Waals surface area (Å²) in [6.45, 7) is 2.50. The number of benzene rings is 1. The van der Waals surface area contributed by atoms with Crippen molar-refractivity contribution in [2.24, 2.45) is 11.8 Å². The second-order valence-electron chi connectivity index (χ2n) is 8.53. The average molecular weight is 365 g/mol. The minimum absolute atomic E-state index is 0.269. The lowest BCUT2D eigenvalue weighted by Crippen LogP contribution is -2.61. The molecule has 1 aromatic heterocycles. The Morgan fingerprint density at radius 2 is 2.07 bits per heavy atom. The fraction of sp³-hybridized carbons (Fsp3) is 0.545. The number of para-hydroxylation sites is 1. The van der Waals surface area contributed by atoms with E-state index in [0.717, 1.165) is 44.4 Å². The van der Waals surface area contributed by atoms with Crippen molar-refractivity contribution in [1.29, 1.82) is 0 Å². The van der Waals surface area contributed by atoms with E-state index in [1.165, 1.54) is 17.4 Å². The van der Waals surface area contributed by atoms with Gasteiger partial charge in [-0.15, -0.1) is 0 Å². The molecule has 3 aliphatic heterocycles. The molecule has 2 amide bonds. The van der Waals surface area contributed by atoms with Crippen molar-refractivity contribution in [2.75, 3.05) is 19.6 Å². The minimum Gasteiger partial charge on any atom is -0.361 e. The Kier molecular flexibility index (Phi) is 4.18. The Morgan fingerprint density at radius 3 is 3.00 bits per heavy atom. The van der Waals surface area contributed by atoms with Gasteiger partial charge in [0.2, 0.25) is 11.8 Å². The number of piperidine rings is 3. The number of aryl methyl sites for hydroxylation is 1. The molecule has 0 radical (unpaired) electrons. The third-order valence-electron chi connectivity index (χ3n) is 6.82. The topological polar surface area (TPSA) is 56.4 Å². The number of H-pyrrole nitrogens is 1. The molecule has 4 heterocycles. The molecule has 0 saturated carbocycles. The van der Waals surface area contributed by atoms with Gasteiger partial charge < -0.3 is 14.8 Å². The number of aromatic amines is 1. The van der Waals surface area contributed by atoms with Crippen LogP contribution in [-0.2, 0) is 16.0 Å². The molecule has 0 spiro atoms. The molecule has 27 heavy (non-hydrogen) atoms. The Morgan fingerprint density at radius 1 is 1.19 bits per heavy atom. The molecule has 2 aromatic rings. The third kappa shape index (κ3) is 3.03. The zero-order chi connectivity index (χ0) is 18.4. The monoisotopic (exact) mass is 365 g/mol. The standard InChI is InChI=1S/C22H27N3O2/c26-21(9-8-16-11-23-19-5-2-1-4-18(16)19)24-12-15-10-17(14-24)20-6-3-7-22(27)25(20)13-15/h1-2,4-5,11,15,17,20,23H,3,6-10,12-14H2/t15-,17+,20?/m1/s1. The number of carbonyl (C=O) groups excluding carboxylic acids is 2. The number of likely N-dealkylation sites (tertiary alicyclic amines) is 1. The second kappa shape index (κ2) is 6.70. The van der Waals surface area contributed by atoms with Crippen molar-refractivity contribution in [3.63, 3.8) is 0 Å². The fourth-order valence-corrected chi connectivity index (χ4v) is 5.55. The minimum atomic E-state index is 0.269. The highest BCUT2D eigenvalue weighted by atomic mass is 16.2. The van der Waals surface area contributed by atoms with E-state index in [0.29, 0.717) is 36.6 Å². The number of rotatable bonds is 3. The lowest BCUT2D eigenvalue weighted by Gasteiger charge is -2.52. The Bertz CT molecular complexity index is 873. The average Bonchev–Trinajstić information content (AvgIpc) is 3.10. The summed E-state index contributed by atoms with van der Waals surface area (Å²) in [6.07, 6.45) is 7.39. The maximum atomic E-state index is 12.9. The highest BCUT2D eigenvalue weighted by Gasteiger charge is 2.44. The van der Waals surface area contributed by atoms with E-state index in [1.807, 2.05) is 18.3 Å². The molecule has 5 rings (SSSR count). The molecule has 1 aromatic carbocycles. The summed E-state index contributed by atoms with van der Waals surface area (Å²) < 4.78 is 0. The van der Waals surface area contributed by atoms with Gasteiger partial charge in [-0.05, 0) is 49.1 Å². The summed E-state index contributed by atoms with van der Waals surface area (Å²) in [7, 11) is 0. The smallest absolute Gasteiger partial charge is 0.222 e. The van der Waals surface area contributed by atoms with Crippen molar-refractivity contribution in [3.05, 3.63) is 36.0 Å². The van der Waals surface area contributed by atoms with Crippen LogP contribution in [0.25, 0.3) is 10.9 Å². The largest absolute Gasteiger partial charge is 0.361 e. The van der Waals surface area contributed by atoms with Crippen molar-refractivity contribution in [3.8, 4) is 0 Å². The van der Waals surface area contributed by atoms with Crippen LogP contribution < -0.4 is 0 Å². The third-order valence-corrected chi connectivity index (χ3v) is 6.82. The lowest BCUT2D eigenvalue weighted by molar-refractivity contribution is -0.148. The summed E-state index contributed by atoms with van der Waals surface area (Å²) in [5, 5.41) is 1.22. The first kappa shape index (κ1) is 16.8. The molecule has 1 N–H and O–H groups in total. The Balaban J connectivity index is 1.24. The predicted octanol–water partition coefficient (Wildman–Crippen LogP) is 2.96. The first-order valence-electron chi connectivity index (χ1n) is 10.3. The van der Waals surface area contributed by atoms with Crippen LogP contribution >= 0.6 is 0 Å². The van der Waals surface area contributed by atoms with Gasteiger partial charge >= 0.3 is 0 Å². The summed E-state index contributed by atoms with van der Waals surface area (Å²) in [4.78, 5) is 32.7. The first-order valence-corrected chi connectivity index (χ1v) is 10.3. The van der Waals surface area contributed by atoms with Crippen LogP contribution in [0, 0.1) is 11.8 Å². The molecule has 3 atom stereocenters. The van der Waals surface area contributed by atoms with E-state index in [9.17, 15) is 9.59 Å². The molecule has 5 nitrogen and oxygen atoms in total. The van der Waals surface area contributed by atoms with Crippen molar-refractivity contribution in [1.82, 2.24) is 14.8 Å². The van der Waals surface area contributed by atoms with Crippen LogP contribution in [-0.4, -0.2) is 52.3 Å². The van der Waals surface area contributed by atoms with E-state index in [1.54, 1.807) is 0 Å². The van der Waals surface area contributed by atoms with Crippen molar-refractivity contribution in [2.45, 2.75) is 44.6 Å². The van der Waals surface area contributed by atoms with E-state index >= 15 is 0 Å². The van der Waals surface area contributed by atoms with Gasteiger partial charge in [-0.3, -0.25) is 9.59 Å². The number of carbonyl (C=O) groups is 2. The van der Waals surface area contributed by atoms with Gasteiger partial charge in [0.05, 0.1) is 0 Å². The van der Waals surface area contributed by atoms with E-state index in [4.69, 9.17) is 0 Å². The summed E-state index contributed by atoms with van der Waals surface area (Å²) in [5.41, 5.74) is 2.36. The number of nitrogens with one attached hydrogen (secondary N) is 1. The summed E-state index contributed by atoms with van der Waals surface area (Å²) in [5.74, 6) is 1.53. The SMILES string of the molecule is O=C(CCc1c[nH]c2ccccc12)N1C[C@H]2C[C@@H](C1)C1CCCC(=O)N1C2. The molecule has 3 saturated heterocycles. The number of fused-ring (bicyclic) bond motifs is 5. The van der Waals surface area contributed by atoms with Crippen LogP contribution in [0.5, 0.6) is 0 Å². The second-order valence-corrected chi connectivity index (χ2v) is 8.53. The maximum Gasteiger partial charge on any atom is 0.222 e. The van der Waals surface area contributed by atoms with Gasteiger partial charge in [0, 0.05) is 55.6 Å². The van der Waals surface area contributed by atoms with Crippen LogP contribution in [0.2, 0.25) is 0 Å². The Hall–Kier alpha value is -2.30. The van der Waals surface area contributed by atoms with E-state index < -0.39 is 0 Å². The molecule has 3 aliphatic rings. The van der Waals surface area contributed by atoms with E-state index in [-0.39, 0.29) is 5.91 Å².